The van der Waals surface area contributed by atoms with Gasteiger partial charge in [0.1, 0.15) is 22.9 Å². The van der Waals surface area contributed by atoms with Crippen molar-refractivity contribution in [2.45, 2.75) is 38.5 Å². The fourth-order valence-electron chi connectivity index (χ4n) is 5.14. The van der Waals surface area contributed by atoms with Crippen LogP contribution < -0.4 is 10.6 Å². The molecule has 1 atom stereocenters. The van der Waals surface area contributed by atoms with E-state index in [1.807, 2.05) is 6.08 Å². The Morgan fingerprint density at radius 3 is 1.70 bits per heavy atom. The molecule has 4 aromatic carbocycles. The molecule has 0 N–H and O–H groups in total. The second kappa shape index (κ2) is 9.12. The van der Waals surface area contributed by atoms with Gasteiger partial charge in [-0.1, -0.05) is 67.2 Å². The SMILES string of the molecule is C=CC(COC(C)=O)[P+](c1ccc2ccccc2c1)(c1ccc2ccccc2c1)C(C)(C)C. The number of benzene rings is 4. The zero-order valence-corrected chi connectivity index (χ0v) is 20.8. The van der Waals surface area contributed by atoms with Gasteiger partial charge < -0.3 is 4.74 Å². The first-order chi connectivity index (χ1) is 15.8. The summed E-state index contributed by atoms with van der Waals surface area (Å²) in [6, 6.07) is 30.6. The molecular weight excluding hydrogens is 423 g/mol. The van der Waals surface area contributed by atoms with E-state index >= 15 is 0 Å². The lowest BCUT2D eigenvalue weighted by Crippen LogP contribution is -2.44. The molecule has 0 aliphatic heterocycles. The van der Waals surface area contributed by atoms with Crippen LogP contribution in [0.2, 0.25) is 0 Å². The summed E-state index contributed by atoms with van der Waals surface area (Å²) in [7, 11) is -2.16. The summed E-state index contributed by atoms with van der Waals surface area (Å²) in [6.07, 6.45) is 2.01. The van der Waals surface area contributed by atoms with Crippen molar-refractivity contribution in [1.29, 1.82) is 0 Å². The van der Waals surface area contributed by atoms with Gasteiger partial charge in [-0.15, -0.1) is 0 Å². The third-order valence-corrected chi connectivity index (χ3v) is 12.2. The van der Waals surface area contributed by atoms with Crippen molar-refractivity contribution >= 4 is 45.4 Å². The fourth-order valence-corrected chi connectivity index (χ4v) is 10.7. The molecule has 4 aromatic rings. The lowest BCUT2D eigenvalue weighted by molar-refractivity contribution is -0.140. The van der Waals surface area contributed by atoms with Crippen molar-refractivity contribution in [3.8, 4) is 0 Å². The van der Waals surface area contributed by atoms with Gasteiger partial charge in [0.2, 0.25) is 0 Å². The maximum atomic E-state index is 11.8. The van der Waals surface area contributed by atoms with Crippen LogP contribution in [0.25, 0.3) is 21.5 Å². The van der Waals surface area contributed by atoms with Gasteiger partial charge in [-0.05, 0) is 72.7 Å². The minimum atomic E-state index is -2.16. The summed E-state index contributed by atoms with van der Waals surface area (Å²) >= 11 is 0. The molecule has 168 valence electrons. The molecule has 1 unspecified atom stereocenters. The Bertz CT molecular complexity index is 1240. The van der Waals surface area contributed by atoms with E-state index in [0.717, 1.165) is 0 Å². The third-order valence-electron chi connectivity index (χ3n) is 6.57. The number of ether oxygens (including phenoxy) is 1. The van der Waals surface area contributed by atoms with E-state index < -0.39 is 7.26 Å². The molecule has 0 heterocycles. The van der Waals surface area contributed by atoms with E-state index in [2.05, 4.69) is 112 Å². The summed E-state index contributed by atoms with van der Waals surface area (Å²) in [5.41, 5.74) is -0.0104. The first kappa shape index (κ1) is 23.2. The van der Waals surface area contributed by atoms with E-state index in [1.54, 1.807) is 0 Å². The third kappa shape index (κ3) is 4.21. The summed E-state index contributed by atoms with van der Waals surface area (Å²) in [5, 5.41) is 7.40. The van der Waals surface area contributed by atoms with Gasteiger partial charge in [0.05, 0.1) is 12.4 Å². The molecule has 0 aliphatic carbocycles. The number of carbonyl (C=O) groups excluding carboxylic acids is 1. The Morgan fingerprint density at radius 2 is 1.30 bits per heavy atom. The van der Waals surface area contributed by atoms with Crippen LogP contribution in [0.4, 0.5) is 0 Å². The number of fused-ring (bicyclic) bond motifs is 2. The topological polar surface area (TPSA) is 26.3 Å². The maximum absolute atomic E-state index is 11.8. The second-order valence-electron chi connectivity index (χ2n) is 9.56. The van der Waals surface area contributed by atoms with Crippen LogP contribution in [0.5, 0.6) is 0 Å². The van der Waals surface area contributed by atoms with E-state index in [9.17, 15) is 4.79 Å². The first-order valence-electron chi connectivity index (χ1n) is 11.4. The average Bonchev–Trinajstić information content (AvgIpc) is 2.80. The van der Waals surface area contributed by atoms with Crippen molar-refractivity contribution in [3.63, 3.8) is 0 Å². The highest BCUT2D eigenvalue weighted by Gasteiger charge is 2.58. The Balaban J connectivity index is 2.06. The van der Waals surface area contributed by atoms with Crippen LogP contribution in [0.15, 0.2) is 97.6 Å². The monoisotopic (exact) mass is 455 g/mol. The Kier molecular flexibility index (Phi) is 6.41. The van der Waals surface area contributed by atoms with Crippen LogP contribution in [0.1, 0.15) is 27.7 Å². The molecule has 0 aromatic heterocycles. The van der Waals surface area contributed by atoms with E-state index in [-0.39, 0.29) is 16.8 Å². The number of esters is 1. The molecule has 2 nitrogen and oxygen atoms in total. The second-order valence-corrected chi connectivity index (χ2v) is 14.0. The predicted octanol–water partition coefficient (Wildman–Crippen LogP) is 6.88. The molecule has 0 amide bonds. The van der Waals surface area contributed by atoms with Crippen LogP contribution in [-0.4, -0.2) is 23.4 Å². The normalized spacial score (nSPS) is 13.1. The van der Waals surface area contributed by atoms with Crippen LogP contribution in [0.3, 0.4) is 0 Å². The molecule has 0 fully saturated rings. The Labute approximate surface area is 197 Å². The molecular formula is C30H32O2P+. The van der Waals surface area contributed by atoms with Crippen LogP contribution in [0, 0.1) is 0 Å². The average molecular weight is 456 g/mol. The van der Waals surface area contributed by atoms with Crippen molar-refractivity contribution in [2.75, 3.05) is 6.61 Å². The molecule has 3 heteroatoms. The molecule has 4 rings (SSSR count). The molecule has 0 radical (unpaired) electrons. The lowest BCUT2D eigenvalue weighted by Gasteiger charge is -2.42. The number of hydrogen-bond donors (Lipinski definition) is 0. The highest BCUT2D eigenvalue weighted by Crippen LogP contribution is 2.70. The quantitative estimate of drug-likeness (QED) is 0.180. The summed E-state index contributed by atoms with van der Waals surface area (Å²) in [5.74, 6) is -0.258. The van der Waals surface area contributed by atoms with Gasteiger partial charge in [0.15, 0.2) is 0 Å². The fraction of sp³-hybridized carbons (Fsp3) is 0.233. The molecule has 0 saturated carbocycles. The van der Waals surface area contributed by atoms with Crippen molar-refractivity contribution in [3.05, 3.63) is 97.6 Å². The van der Waals surface area contributed by atoms with Gasteiger partial charge in [-0.2, -0.15) is 0 Å². The zero-order chi connectivity index (χ0) is 23.6. The molecule has 33 heavy (non-hydrogen) atoms. The van der Waals surface area contributed by atoms with E-state index in [1.165, 1.54) is 39.1 Å². The maximum Gasteiger partial charge on any atom is 0.302 e. The van der Waals surface area contributed by atoms with Crippen molar-refractivity contribution in [1.82, 2.24) is 0 Å². The number of rotatable bonds is 6. The lowest BCUT2D eigenvalue weighted by atomic mass is 10.1. The number of hydrogen-bond acceptors (Lipinski definition) is 2. The van der Waals surface area contributed by atoms with Gasteiger partial charge in [-0.25, -0.2) is 0 Å². The van der Waals surface area contributed by atoms with E-state index in [0.29, 0.717) is 6.61 Å². The van der Waals surface area contributed by atoms with Crippen LogP contribution in [-0.2, 0) is 9.53 Å². The molecule has 0 aliphatic rings. The van der Waals surface area contributed by atoms with Gasteiger partial charge >= 0.3 is 5.97 Å². The minimum Gasteiger partial charge on any atom is -0.461 e. The first-order valence-corrected chi connectivity index (χ1v) is 13.3. The Morgan fingerprint density at radius 1 is 0.848 bits per heavy atom. The smallest absolute Gasteiger partial charge is 0.302 e. The summed E-state index contributed by atoms with van der Waals surface area (Å²) in [6.45, 7) is 13.0. The van der Waals surface area contributed by atoms with Crippen molar-refractivity contribution in [2.24, 2.45) is 0 Å². The van der Waals surface area contributed by atoms with Gasteiger partial charge in [0, 0.05) is 6.92 Å². The summed E-state index contributed by atoms with van der Waals surface area (Å²) < 4.78 is 5.63. The van der Waals surface area contributed by atoms with Gasteiger partial charge in [-0.3, -0.25) is 4.79 Å². The highest BCUT2D eigenvalue weighted by atomic mass is 31.2. The van der Waals surface area contributed by atoms with Gasteiger partial charge in [0.25, 0.3) is 0 Å². The standard InChI is InChI=1S/C30H32O2P/c1-6-27(21-32-22(2)31)33(30(3,4)5,28-17-15-23-11-7-9-13-25(23)19-28)29-18-16-24-12-8-10-14-26(24)20-29/h6-20,27H,1,21H2,2-5H3/q+1. The molecule has 0 spiro atoms. The molecule has 0 bridgehead atoms. The number of carbonyl (C=O) groups is 1. The highest BCUT2D eigenvalue weighted by molar-refractivity contribution is 7.91. The zero-order valence-electron chi connectivity index (χ0n) is 19.9. The summed E-state index contributed by atoms with van der Waals surface area (Å²) in [4.78, 5) is 11.8. The van der Waals surface area contributed by atoms with Crippen LogP contribution >= 0.6 is 7.26 Å². The minimum absolute atomic E-state index is 0.0104. The Hall–Kier alpha value is -2.96. The van der Waals surface area contributed by atoms with Crippen molar-refractivity contribution < 1.29 is 9.53 Å². The van der Waals surface area contributed by atoms with E-state index in [4.69, 9.17) is 4.74 Å². The largest absolute Gasteiger partial charge is 0.461 e. The molecule has 0 saturated heterocycles. The predicted molar refractivity (Wildman–Crippen MR) is 144 cm³/mol.